The van der Waals surface area contributed by atoms with Crippen molar-refractivity contribution >= 4 is 40.7 Å². The van der Waals surface area contributed by atoms with E-state index < -0.39 is 0 Å². The van der Waals surface area contributed by atoms with Gasteiger partial charge in [-0.1, -0.05) is 48.2 Å². The molecular formula is C21H20ClN3O3S. The van der Waals surface area contributed by atoms with E-state index >= 15 is 0 Å². The van der Waals surface area contributed by atoms with E-state index in [1.807, 2.05) is 30.3 Å². The number of hydrogen-bond donors (Lipinski definition) is 1. The first kappa shape index (κ1) is 21.0. The lowest BCUT2D eigenvalue weighted by atomic mass is 10.1. The van der Waals surface area contributed by atoms with Crippen molar-refractivity contribution in [1.29, 1.82) is 0 Å². The lowest BCUT2D eigenvalue weighted by Gasteiger charge is -2.09. The van der Waals surface area contributed by atoms with Gasteiger partial charge in [0.05, 0.1) is 18.6 Å². The number of carbonyl (C=O) groups is 1. The van der Waals surface area contributed by atoms with Crippen molar-refractivity contribution in [1.82, 2.24) is 5.32 Å². The summed E-state index contributed by atoms with van der Waals surface area (Å²) in [4.78, 5) is 12.2. The van der Waals surface area contributed by atoms with Crippen molar-refractivity contribution in [2.45, 2.75) is 11.7 Å². The van der Waals surface area contributed by atoms with Gasteiger partial charge in [0.2, 0.25) is 5.91 Å². The SMILES string of the molecule is C=CCOc1ccc(/C=N/N=C2\NC(=O)C(Cc3ccc(Cl)cc3)S2)cc1OC. The predicted octanol–water partition coefficient (Wildman–Crippen LogP) is 4.08. The average molecular weight is 430 g/mol. The van der Waals surface area contributed by atoms with Crippen LogP contribution >= 0.6 is 23.4 Å². The van der Waals surface area contributed by atoms with E-state index in [2.05, 4.69) is 22.1 Å². The smallest absolute Gasteiger partial charge is 0.239 e. The second-order valence-corrected chi connectivity index (χ2v) is 7.71. The number of amidine groups is 1. The Morgan fingerprint density at radius 1 is 1.24 bits per heavy atom. The van der Waals surface area contributed by atoms with Crippen molar-refractivity contribution in [3.05, 3.63) is 71.3 Å². The summed E-state index contributed by atoms with van der Waals surface area (Å²) < 4.78 is 10.9. The normalized spacial score (nSPS) is 17.5. The molecule has 0 spiro atoms. The van der Waals surface area contributed by atoms with Crippen LogP contribution in [-0.2, 0) is 11.2 Å². The Kier molecular flexibility index (Phi) is 7.32. The van der Waals surface area contributed by atoms with E-state index in [1.54, 1.807) is 31.5 Å². The van der Waals surface area contributed by atoms with Crippen LogP contribution < -0.4 is 14.8 Å². The summed E-state index contributed by atoms with van der Waals surface area (Å²) in [5.74, 6) is 1.14. The molecule has 29 heavy (non-hydrogen) atoms. The van der Waals surface area contributed by atoms with Gasteiger partial charge in [-0.15, -0.1) is 5.10 Å². The molecule has 1 N–H and O–H groups in total. The Morgan fingerprint density at radius 2 is 2.03 bits per heavy atom. The molecule has 1 atom stereocenters. The summed E-state index contributed by atoms with van der Waals surface area (Å²) >= 11 is 7.26. The number of carbonyl (C=O) groups excluding carboxylic acids is 1. The first-order valence-corrected chi connectivity index (χ1v) is 10.1. The van der Waals surface area contributed by atoms with Crippen molar-refractivity contribution in [2.75, 3.05) is 13.7 Å². The highest BCUT2D eigenvalue weighted by Crippen LogP contribution is 2.28. The molecule has 2 aromatic rings. The Morgan fingerprint density at radius 3 is 2.76 bits per heavy atom. The fourth-order valence-corrected chi connectivity index (χ4v) is 3.69. The molecule has 8 heteroatoms. The molecule has 3 rings (SSSR count). The maximum Gasteiger partial charge on any atom is 0.239 e. The van der Waals surface area contributed by atoms with Gasteiger partial charge < -0.3 is 14.8 Å². The van der Waals surface area contributed by atoms with Crippen LogP contribution in [0.25, 0.3) is 0 Å². The van der Waals surface area contributed by atoms with Crippen molar-refractivity contribution < 1.29 is 14.3 Å². The molecule has 0 aliphatic carbocycles. The zero-order chi connectivity index (χ0) is 20.6. The van der Waals surface area contributed by atoms with Gasteiger partial charge in [0.25, 0.3) is 0 Å². The molecule has 2 aromatic carbocycles. The number of amides is 1. The lowest BCUT2D eigenvalue weighted by molar-refractivity contribution is -0.118. The van der Waals surface area contributed by atoms with Gasteiger partial charge in [-0.05, 0) is 47.9 Å². The molecule has 0 bridgehead atoms. The standard InChI is InChI=1S/C21H20ClN3O3S/c1-3-10-28-17-9-6-15(11-18(17)27-2)13-23-25-21-24-20(26)19(29-21)12-14-4-7-16(22)8-5-14/h3-9,11,13,19H,1,10,12H2,2H3,(H,24,25,26)/b23-13+. The Bertz CT molecular complexity index is 945. The van der Waals surface area contributed by atoms with Gasteiger partial charge in [0.15, 0.2) is 16.7 Å². The van der Waals surface area contributed by atoms with E-state index in [0.29, 0.717) is 34.7 Å². The molecule has 1 fully saturated rings. The highest BCUT2D eigenvalue weighted by atomic mass is 35.5. The number of methoxy groups -OCH3 is 1. The van der Waals surface area contributed by atoms with Gasteiger partial charge in [0.1, 0.15) is 6.61 Å². The summed E-state index contributed by atoms with van der Waals surface area (Å²) in [5, 5.41) is 11.8. The van der Waals surface area contributed by atoms with Crippen LogP contribution in [0.3, 0.4) is 0 Å². The Labute approximate surface area is 178 Å². The quantitative estimate of drug-likeness (QED) is 0.390. The minimum Gasteiger partial charge on any atom is -0.493 e. The van der Waals surface area contributed by atoms with Crippen molar-refractivity contribution in [3.63, 3.8) is 0 Å². The molecule has 1 aliphatic rings. The molecule has 0 saturated carbocycles. The third-order valence-corrected chi connectivity index (χ3v) is 5.33. The monoisotopic (exact) mass is 429 g/mol. The van der Waals surface area contributed by atoms with Crippen LogP contribution in [0, 0.1) is 0 Å². The largest absolute Gasteiger partial charge is 0.493 e. The first-order valence-electron chi connectivity index (χ1n) is 8.83. The molecule has 150 valence electrons. The number of nitrogens with zero attached hydrogens (tertiary/aromatic N) is 2. The van der Waals surface area contributed by atoms with Crippen LogP contribution in [0.15, 0.2) is 65.3 Å². The van der Waals surface area contributed by atoms with Gasteiger partial charge >= 0.3 is 0 Å². The molecule has 6 nitrogen and oxygen atoms in total. The van der Waals surface area contributed by atoms with Crippen LogP contribution in [-0.4, -0.2) is 36.3 Å². The lowest BCUT2D eigenvalue weighted by Crippen LogP contribution is -2.25. The third kappa shape index (κ3) is 5.85. The highest BCUT2D eigenvalue weighted by Gasteiger charge is 2.30. The summed E-state index contributed by atoms with van der Waals surface area (Å²) in [6, 6.07) is 12.9. The second-order valence-electron chi connectivity index (χ2n) is 6.09. The molecule has 1 amide bonds. The van der Waals surface area contributed by atoms with Gasteiger partial charge in [-0.3, -0.25) is 4.79 Å². The van der Waals surface area contributed by atoms with Gasteiger partial charge in [-0.25, -0.2) is 0 Å². The zero-order valence-electron chi connectivity index (χ0n) is 15.8. The van der Waals surface area contributed by atoms with Crippen LogP contribution in [0.5, 0.6) is 11.5 Å². The number of hydrogen-bond acceptors (Lipinski definition) is 6. The molecule has 0 radical (unpaired) electrons. The highest BCUT2D eigenvalue weighted by molar-refractivity contribution is 8.15. The first-order chi connectivity index (χ1) is 14.1. The van der Waals surface area contributed by atoms with Crippen LogP contribution in [0.2, 0.25) is 5.02 Å². The number of nitrogens with one attached hydrogen (secondary N) is 1. The molecule has 1 saturated heterocycles. The Balaban J connectivity index is 1.62. The number of ether oxygens (including phenoxy) is 2. The molecule has 0 aromatic heterocycles. The van der Waals surface area contributed by atoms with Gasteiger partial charge in [-0.2, -0.15) is 5.10 Å². The topological polar surface area (TPSA) is 72.3 Å². The zero-order valence-corrected chi connectivity index (χ0v) is 17.4. The Hall–Kier alpha value is -2.77. The number of halogens is 1. The predicted molar refractivity (Wildman–Crippen MR) is 118 cm³/mol. The van der Waals surface area contributed by atoms with Crippen LogP contribution in [0.1, 0.15) is 11.1 Å². The summed E-state index contributed by atoms with van der Waals surface area (Å²) in [6.45, 7) is 4.02. The molecule has 1 unspecified atom stereocenters. The van der Waals surface area contributed by atoms with E-state index in [-0.39, 0.29) is 11.2 Å². The summed E-state index contributed by atoms with van der Waals surface area (Å²) in [7, 11) is 1.57. The minimum atomic E-state index is -0.244. The molecular weight excluding hydrogens is 410 g/mol. The van der Waals surface area contributed by atoms with Gasteiger partial charge in [0, 0.05) is 5.02 Å². The summed E-state index contributed by atoms with van der Waals surface area (Å²) in [6.07, 6.45) is 3.85. The van der Waals surface area contributed by atoms with Crippen LogP contribution in [0.4, 0.5) is 0 Å². The summed E-state index contributed by atoms with van der Waals surface area (Å²) in [5.41, 5.74) is 1.84. The molecule has 1 aliphatic heterocycles. The number of rotatable bonds is 8. The number of benzene rings is 2. The fraction of sp³-hybridized carbons (Fsp3) is 0.190. The maximum atomic E-state index is 12.2. The van der Waals surface area contributed by atoms with Crippen molar-refractivity contribution in [3.8, 4) is 11.5 Å². The van der Waals surface area contributed by atoms with E-state index in [4.69, 9.17) is 21.1 Å². The second kappa shape index (κ2) is 10.1. The van der Waals surface area contributed by atoms with E-state index in [1.165, 1.54) is 11.8 Å². The maximum absolute atomic E-state index is 12.2. The molecule has 1 heterocycles. The fourth-order valence-electron chi connectivity index (χ4n) is 2.60. The third-order valence-electron chi connectivity index (χ3n) is 4.01. The van der Waals surface area contributed by atoms with E-state index in [9.17, 15) is 4.79 Å². The van der Waals surface area contributed by atoms with Crippen molar-refractivity contribution in [2.24, 2.45) is 10.2 Å². The van der Waals surface area contributed by atoms with E-state index in [0.717, 1.165) is 11.1 Å². The number of thioether (sulfide) groups is 1. The average Bonchev–Trinajstić information content (AvgIpc) is 3.07. The minimum absolute atomic E-state index is 0.0794.